The summed E-state index contributed by atoms with van der Waals surface area (Å²) < 4.78 is 5.01. The van der Waals surface area contributed by atoms with Crippen molar-refractivity contribution in [1.29, 1.82) is 0 Å². The second kappa shape index (κ2) is 5.64. The molecule has 4 nitrogen and oxygen atoms in total. The van der Waals surface area contributed by atoms with Crippen LogP contribution in [0.5, 0.6) is 0 Å². The normalized spacial score (nSPS) is 30.6. The summed E-state index contributed by atoms with van der Waals surface area (Å²) in [5, 5.41) is 9.46. The molecule has 0 amide bonds. The molecule has 1 saturated carbocycles. The Kier molecular flexibility index (Phi) is 4.74. The van der Waals surface area contributed by atoms with Gasteiger partial charge >= 0.3 is 5.97 Å². The van der Waals surface area contributed by atoms with Crippen LogP contribution in [0.25, 0.3) is 0 Å². The van der Waals surface area contributed by atoms with Gasteiger partial charge in [-0.1, -0.05) is 6.92 Å². The first kappa shape index (κ1) is 13.5. The predicted molar refractivity (Wildman–Crippen MR) is 62.5 cm³/mol. The standard InChI is InChI=1S/C12H23NO3/c1-10-4-6-12(7-5-10,11(14)15)13(2)8-9-16-3/h10H,4-9H2,1-3H3,(H,14,15). The maximum absolute atomic E-state index is 11.5. The van der Waals surface area contributed by atoms with E-state index in [0.29, 0.717) is 19.1 Å². The van der Waals surface area contributed by atoms with Crippen LogP contribution >= 0.6 is 0 Å². The molecule has 0 bridgehead atoms. The Bertz CT molecular complexity index is 234. The minimum absolute atomic E-state index is 0.584. The molecule has 0 aromatic carbocycles. The molecule has 4 heteroatoms. The number of hydrogen-bond acceptors (Lipinski definition) is 3. The highest BCUT2D eigenvalue weighted by Gasteiger charge is 2.44. The summed E-state index contributed by atoms with van der Waals surface area (Å²) in [5.41, 5.74) is -0.662. The van der Waals surface area contributed by atoms with Gasteiger partial charge in [-0.3, -0.25) is 9.69 Å². The van der Waals surface area contributed by atoms with Crippen LogP contribution in [0.2, 0.25) is 0 Å². The van der Waals surface area contributed by atoms with Gasteiger partial charge in [-0.05, 0) is 38.6 Å². The first-order valence-electron chi connectivity index (χ1n) is 5.96. The third-order valence-electron chi connectivity index (χ3n) is 3.86. The van der Waals surface area contributed by atoms with Crippen molar-refractivity contribution in [3.63, 3.8) is 0 Å². The molecule has 0 aromatic heterocycles. The van der Waals surface area contributed by atoms with E-state index in [1.807, 2.05) is 11.9 Å². The van der Waals surface area contributed by atoms with Crippen LogP contribution < -0.4 is 0 Å². The van der Waals surface area contributed by atoms with Crippen molar-refractivity contribution in [1.82, 2.24) is 4.90 Å². The van der Waals surface area contributed by atoms with Gasteiger partial charge in [0, 0.05) is 13.7 Å². The molecule has 0 heterocycles. The van der Waals surface area contributed by atoms with E-state index in [-0.39, 0.29) is 0 Å². The van der Waals surface area contributed by atoms with Crippen LogP contribution in [0, 0.1) is 5.92 Å². The summed E-state index contributed by atoms with van der Waals surface area (Å²) in [5.74, 6) is -0.0266. The van der Waals surface area contributed by atoms with E-state index < -0.39 is 11.5 Å². The zero-order valence-electron chi connectivity index (χ0n) is 10.5. The number of ether oxygens (including phenoxy) is 1. The minimum Gasteiger partial charge on any atom is -0.480 e. The van der Waals surface area contributed by atoms with E-state index in [1.54, 1.807) is 7.11 Å². The third kappa shape index (κ3) is 2.74. The van der Waals surface area contributed by atoms with E-state index in [4.69, 9.17) is 4.74 Å². The van der Waals surface area contributed by atoms with Gasteiger partial charge in [0.2, 0.25) is 0 Å². The molecular weight excluding hydrogens is 206 g/mol. The number of likely N-dealkylation sites (N-methyl/N-ethyl adjacent to an activating group) is 1. The largest absolute Gasteiger partial charge is 0.480 e. The van der Waals surface area contributed by atoms with E-state index >= 15 is 0 Å². The van der Waals surface area contributed by atoms with Gasteiger partial charge in [-0.25, -0.2) is 0 Å². The molecule has 1 N–H and O–H groups in total. The topological polar surface area (TPSA) is 49.8 Å². The Hall–Kier alpha value is -0.610. The van der Waals surface area contributed by atoms with Crippen LogP contribution in [0.15, 0.2) is 0 Å². The summed E-state index contributed by atoms with van der Waals surface area (Å²) in [4.78, 5) is 13.5. The molecule has 94 valence electrons. The molecular formula is C12H23NO3. The molecule has 0 aliphatic heterocycles. The lowest BCUT2D eigenvalue weighted by molar-refractivity contribution is -0.154. The van der Waals surface area contributed by atoms with Crippen molar-refractivity contribution in [2.45, 2.75) is 38.1 Å². The van der Waals surface area contributed by atoms with Gasteiger partial charge in [0.05, 0.1) is 6.61 Å². The summed E-state index contributed by atoms with van der Waals surface area (Å²) in [6.07, 6.45) is 3.51. The Morgan fingerprint density at radius 2 is 2.06 bits per heavy atom. The second-order valence-electron chi connectivity index (χ2n) is 4.93. The SMILES string of the molecule is COCCN(C)C1(C(=O)O)CCC(C)CC1. The number of carboxylic acid groups (broad SMARTS) is 1. The molecule has 0 saturated heterocycles. The lowest BCUT2D eigenvalue weighted by atomic mass is 9.76. The van der Waals surface area contributed by atoms with Crippen LogP contribution in [0.3, 0.4) is 0 Å². The molecule has 1 aliphatic rings. The molecule has 0 unspecified atom stereocenters. The molecule has 1 rings (SSSR count). The maximum Gasteiger partial charge on any atom is 0.324 e. The number of nitrogens with zero attached hydrogens (tertiary/aromatic N) is 1. The molecule has 0 atom stereocenters. The van der Waals surface area contributed by atoms with Crippen molar-refractivity contribution >= 4 is 5.97 Å². The highest BCUT2D eigenvalue weighted by atomic mass is 16.5. The van der Waals surface area contributed by atoms with Gasteiger partial charge in [0.1, 0.15) is 5.54 Å². The number of hydrogen-bond donors (Lipinski definition) is 1. The summed E-state index contributed by atoms with van der Waals surface area (Å²) >= 11 is 0. The highest BCUT2D eigenvalue weighted by Crippen LogP contribution is 2.35. The van der Waals surface area contributed by atoms with Gasteiger partial charge < -0.3 is 9.84 Å². The molecule has 0 aromatic rings. The lowest BCUT2D eigenvalue weighted by Gasteiger charge is -2.42. The number of rotatable bonds is 5. The number of carboxylic acids is 1. The lowest BCUT2D eigenvalue weighted by Crippen LogP contribution is -2.55. The summed E-state index contributed by atoms with van der Waals surface area (Å²) in [7, 11) is 3.54. The molecule has 16 heavy (non-hydrogen) atoms. The maximum atomic E-state index is 11.5. The van der Waals surface area contributed by atoms with Gasteiger partial charge in [-0.15, -0.1) is 0 Å². The Morgan fingerprint density at radius 3 is 2.50 bits per heavy atom. The van der Waals surface area contributed by atoms with Crippen LogP contribution in [0.1, 0.15) is 32.6 Å². The van der Waals surface area contributed by atoms with Crippen molar-refractivity contribution in [3.8, 4) is 0 Å². The molecule has 1 aliphatic carbocycles. The first-order valence-corrected chi connectivity index (χ1v) is 5.96. The van der Waals surface area contributed by atoms with E-state index in [9.17, 15) is 9.90 Å². The van der Waals surface area contributed by atoms with Crippen molar-refractivity contribution in [2.75, 3.05) is 27.3 Å². The monoisotopic (exact) mass is 229 g/mol. The fraction of sp³-hybridized carbons (Fsp3) is 0.917. The number of methoxy groups -OCH3 is 1. The number of aliphatic carboxylic acids is 1. The van der Waals surface area contributed by atoms with E-state index in [0.717, 1.165) is 25.7 Å². The Labute approximate surface area is 97.6 Å². The van der Waals surface area contributed by atoms with Crippen molar-refractivity contribution < 1.29 is 14.6 Å². The third-order valence-corrected chi connectivity index (χ3v) is 3.86. The summed E-state index contributed by atoms with van der Waals surface area (Å²) in [6, 6.07) is 0. The average Bonchev–Trinajstić information content (AvgIpc) is 2.26. The van der Waals surface area contributed by atoms with E-state index in [1.165, 1.54) is 0 Å². The average molecular weight is 229 g/mol. The van der Waals surface area contributed by atoms with Crippen LogP contribution in [-0.4, -0.2) is 48.8 Å². The predicted octanol–water partition coefficient (Wildman–Crippen LogP) is 1.60. The molecule has 1 fully saturated rings. The zero-order valence-corrected chi connectivity index (χ0v) is 10.5. The molecule has 0 spiro atoms. The zero-order chi connectivity index (χ0) is 12.2. The fourth-order valence-corrected chi connectivity index (χ4v) is 2.44. The smallest absolute Gasteiger partial charge is 0.324 e. The summed E-state index contributed by atoms with van der Waals surface area (Å²) in [6.45, 7) is 3.46. The number of carbonyl (C=O) groups is 1. The van der Waals surface area contributed by atoms with Crippen LogP contribution in [0.4, 0.5) is 0 Å². The van der Waals surface area contributed by atoms with Crippen molar-refractivity contribution in [2.24, 2.45) is 5.92 Å². The highest BCUT2D eigenvalue weighted by molar-refractivity contribution is 5.78. The van der Waals surface area contributed by atoms with Gasteiger partial charge in [0.15, 0.2) is 0 Å². The van der Waals surface area contributed by atoms with Crippen molar-refractivity contribution in [3.05, 3.63) is 0 Å². The fourth-order valence-electron chi connectivity index (χ4n) is 2.44. The Balaban J connectivity index is 2.69. The second-order valence-corrected chi connectivity index (χ2v) is 4.93. The minimum atomic E-state index is -0.682. The quantitative estimate of drug-likeness (QED) is 0.778. The van der Waals surface area contributed by atoms with Gasteiger partial charge in [0.25, 0.3) is 0 Å². The first-order chi connectivity index (χ1) is 7.53. The van der Waals surface area contributed by atoms with E-state index in [2.05, 4.69) is 6.92 Å². The van der Waals surface area contributed by atoms with Gasteiger partial charge in [-0.2, -0.15) is 0 Å². The Morgan fingerprint density at radius 1 is 1.50 bits per heavy atom. The molecule has 0 radical (unpaired) electrons. The van der Waals surface area contributed by atoms with Crippen LogP contribution in [-0.2, 0) is 9.53 Å².